The molecule has 0 spiro atoms. The lowest BCUT2D eigenvalue weighted by Crippen LogP contribution is -2.23. The monoisotopic (exact) mass is 114 g/mol. The second-order valence-electron chi connectivity index (χ2n) is 2.81. The molecule has 0 unspecified atom stereocenters. The van der Waals surface area contributed by atoms with E-state index in [2.05, 4.69) is 27.2 Å². The fraction of sp³-hybridized carbons (Fsp3) is 0.857. The summed E-state index contributed by atoms with van der Waals surface area (Å²) >= 11 is 0. The van der Waals surface area contributed by atoms with E-state index in [0.29, 0.717) is 0 Å². The van der Waals surface area contributed by atoms with E-state index in [1.807, 2.05) is 0 Å². The molecular weight excluding hydrogens is 98.1 g/mol. The molecule has 0 aromatic rings. The van der Waals surface area contributed by atoms with E-state index in [-0.39, 0.29) is 5.41 Å². The van der Waals surface area contributed by atoms with Crippen LogP contribution >= 0.6 is 0 Å². The Labute approximate surface area is 52.3 Å². The maximum absolute atomic E-state index is 5.46. The van der Waals surface area contributed by atoms with Crippen LogP contribution in [0.5, 0.6) is 0 Å². The Kier molecular flexibility index (Phi) is 3.06. The third kappa shape index (κ3) is 3.03. The van der Waals surface area contributed by atoms with Gasteiger partial charge in [0, 0.05) is 0 Å². The van der Waals surface area contributed by atoms with Gasteiger partial charge in [0.25, 0.3) is 0 Å². The largest absolute Gasteiger partial charge is 0.330 e. The van der Waals surface area contributed by atoms with Gasteiger partial charge in [-0.15, -0.1) is 0 Å². The summed E-state index contributed by atoms with van der Waals surface area (Å²) in [4.78, 5) is 0. The first kappa shape index (κ1) is 7.96. The minimum Gasteiger partial charge on any atom is -0.330 e. The van der Waals surface area contributed by atoms with E-state index >= 15 is 0 Å². The summed E-state index contributed by atoms with van der Waals surface area (Å²) in [7, 11) is 0. The molecule has 8 heavy (non-hydrogen) atoms. The molecule has 0 aliphatic rings. The minimum atomic E-state index is 0.245. The quantitative estimate of drug-likeness (QED) is 0.592. The minimum absolute atomic E-state index is 0.245. The van der Waals surface area contributed by atoms with Gasteiger partial charge in [0.2, 0.25) is 0 Å². The van der Waals surface area contributed by atoms with Crippen LogP contribution in [-0.2, 0) is 0 Å². The molecule has 1 nitrogen and oxygen atoms in total. The number of nitrogens with two attached hydrogens (primary N) is 1. The number of hydrogen-bond donors (Lipinski definition) is 1. The van der Waals surface area contributed by atoms with Crippen molar-refractivity contribution in [3.05, 3.63) is 6.42 Å². The van der Waals surface area contributed by atoms with Gasteiger partial charge in [-0.05, 0) is 18.4 Å². The van der Waals surface area contributed by atoms with E-state index < -0.39 is 0 Å². The topological polar surface area (TPSA) is 26.0 Å². The fourth-order valence-electron chi connectivity index (χ4n) is 0.636. The van der Waals surface area contributed by atoms with E-state index in [1.165, 1.54) is 0 Å². The Hall–Kier alpha value is -0.0400. The van der Waals surface area contributed by atoms with Crippen molar-refractivity contribution in [3.63, 3.8) is 0 Å². The average molecular weight is 114 g/mol. The molecule has 0 atom stereocenters. The zero-order valence-corrected chi connectivity index (χ0v) is 6.07. The standard InChI is InChI=1S/C7H16N/c1-4-5-7(2,3)6-8/h5H,4,6,8H2,1-3H3. The second-order valence-corrected chi connectivity index (χ2v) is 2.81. The summed E-state index contributed by atoms with van der Waals surface area (Å²) in [5.41, 5.74) is 5.71. The lowest BCUT2D eigenvalue weighted by Gasteiger charge is -2.20. The summed E-state index contributed by atoms with van der Waals surface area (Å²) in [6.45, 7) is 7.19. The fourth-order valence-corrected chi connectivity index (χ4v) is 0.636. The number of rotatable bonds is 3. The van der Waals surface area contributed by atoms with Crippen LogP contribution in [0.1, 0.15) is 27.2 Å². The van der Waals surface area contributed by atoms with Gasteiger partial charge in [-0.1, -0.05) is 27.2 Å². The van der Waals surface area contributed by atoms with Gasteiger partial charge in [0.05, 0.1) is 0 Å². The molecule has 1 heteroatoms. The van der Waals surface area contributed by atoms with Gasteiger partial charge in [0.15, 0.2) is 0 Å². The highest BCUT2D eigenvalue weighted by atomic mass is 14.6. The normalized spacial score (nSPS) is 12.0. The molecule has 0 aromatic carbocycles. The van der Waals surface area contributed by atoms with Crippen LogP contribution in [0.3, 0.4) is 0 Å². The van der Waals surface area contributed by atoms with Crippen LogP contribution in [0.4, 0.5) is 0 Å². The van der Waals surface area contributed by atoms with Crippen molar-refractivity contribution in [2.75, 3.05) is 6.54 Å². The Morgan fingerprint density at radius 2 is 2.00 bits per heavy atom. The lowest BCUT2D eigenvalue weighted by atomic mass is 9.89. The van der Waals surface area contributed by atoms with Gasteiger partial charge in [-0.3, -0.25) is 0 Å². The molecular formula is C7H16N. The second kappa shape index (κ2) is 3.08. The van der Waals surface area contributed by atoms with Crippen LogP contribution < -0.4 is 5.73 Å². The molecule has 0 heterocycles. The maximum atomic E-state index is 5.46. The highest BCUT2D eigenvalue weighted by Gasteiger charge is 2.12. The van der Waals surface area contributed by atoms with Crippen molar-refractivity contribution in [3.8, 4) is 0 Å². The highest BCUT2D eigenvalue weighted by molar-refractivity contribution is 4.83. The molecule has 0 fully saturated rings. The Bertz CT molecular complexity index is 57.4. The summed E-state index contributed by atoms with van der Waals surface area (Å²) < 4.78 is 0. The van der Waals surface area contributed by atoms with Crippen molar-refractivity contribution >= 4 is 0 Å². The highest BCUT2D eigenvalue weighted by Crippen LogP contribution is 2.17. The van der Waals surface area contributed by atoms with E-state index in [0.717, 1.165) is 13.0 Å². The van der Waals surface area contributed by atoms with E-state index in [4.69, 9.17) is 5.73 Å². The third-order valence-corrected chi connectivity index (χ3v) is 1.28. The molecule has 49 valence electrons. The molecule has 0 bridgehead atoms. The van der Waals surface area contributed by atoms with Gasteiger partial charge >= 0.3 is 0 Å². The molecule has 0 aliphatic heterocycles. The number of hydrogen-bond acceptors (Lipinski definition) is 1. The SMILES string of the molecule is CC[CH]C(C)(C)CN. The van der Waals surface area contributed by atoms with Crippen LogP contribution in [0.25, 0.3) is 0 Å². The van der Waals surface area contributed by atoms with Gasteiger partial charge in [0.1, 0.15) is 0 Å². The Balaban J connectivity index is 3.37. The van der Waals surface area contributed by atoms with Crippen molar-refractivity contribution in [2.45, 2.75) is 27.2 Å². The predicted molar refractivity (Wildman–Crippen MR) is 37.4 cm³/mol. The van der Waals surface area contributed by atoms with E-state index in [1.54, 1.807) is 0 Å². The zero-order valence-electron chi connectivity index (χ0n) is 6.07. The first-order valence-electron chi connectivity index (χ1n) is 3.17. The van der Waals surface area contributed by atoms with Crippen molar-refractivity contribution in [1.29, 1.82) is 0 Å². The van der Waals surface area contributed by atoms with Crippen LogP contribution in [0.2, 0.25) is 0 Å². The molecule has 0 amide bonds. The van der Waals surface area contributed by atoms with Gasteiger partial charge < -0.3 is 5.73 Å². The first-order chi connectivity index (χ1) is 3.62. The van der Waals surface area contributed by atoms with Crippen LogP contribution in [0.15, 0.2) is 0 Å². The zero-order chi connectivity index (χ0) is 6.62. The predicted octanol–water partition coefficient (Wildman–Crippen LogP) is 1.59. The van der Waals surface area contributed by atoms with Gasteiger partial charge in [-0.2, -0.15) is 0 Å². The first-order valence-corrected chi connectivity index (χ1v) is 3.17. The maximum Gasteiger partial charge on any atom is -0.00231 e. The molecule has 0 aromatic heterocycles. The van der Waals surface area contributed by atoms with Crippen LogP contribution in [0, 0.1) is 11.8 Å². The Morgan fingerprint density at radius 1 is 1.50 bits per heavy atom. The third-order valence-electron chi connectivity index (χ3n) is 1.28. The molecule has 0 saturated heterocycles. The summed E-state index contributed by atoms with van der Waals surface area (Å²) in [6, 6.07) is 0. The lowest BCUT2D eigenvalue weighted by molar-refractivity contribution is 0.439. The summed E-state index contributed by atoms with van der Waals surface area (Å²) in [5, 5.41) is 0. The van der Waals surface area contributed by atoms with E-state index in [9.17, 15) is 0 Å². The van der Waals surface area contributed by atoms with Crippen LogP contribution in [-0.4, -0.2) is 6.54 Å². The Morgan fingerprint density at radius 3 is 2.12 bits per heavy atom. The summed E-state index contributed by atoms with van der Waals surface area (Å²) in [5.74, 6) is 0. The molecule has 1 radical (unpaired) electrons. The smallest absolute Gasteiger partial charge is 0.00231 e. The van der Waals surface area contributed by atoms with Crippen molar-refractivity contribution in [2.24, 2.45) is 11.1 Å². The van der Waals surface area contributed by atoms with Gasteiger partial charge in [-0.25, -0.2) is 0 Å². The molecule has 0 saturated carbocycles. The summed E-state index contributed by atoms with van der Waals surface area (Å²) in [6.07, 6.45) is 3.36. The molecule has 2 N–H and O–H groups in total. The van der Waals surface area contributed by atoms with Crippen molar-refractivity contribution in [1.82, 2.24) is 0 Å². The van der Waals surface area contributed by atoms with Crippen molar-refractivity contribution < 1.29 is 0 Å². The molecule has 0 rings (SSSR count). The molecule has 0 aliphatic carbocycles. The average Bonchev–Trinajstić information content (AvgIpc) is 1.67.